The molecular formula is C17H22N4O3. The third kappa shape index (κ3) is 4.32. The number of aromatic nitrogens is 2. The molecule has 2 aromatic rings. The zero-order valence-electron chi connectivity index (χ0n) is 13.8. The van der Waals surface area contributed by atoms with Crippen molar-refractivity contribution >= 4 is 11.9 Å². The van der Waals surface area contributed by atoms with Crippen LogP contribution in [0.25, 0.3) is 0 Å². The minimum Gasteiger partial charge on any atom is -0.408 e. The molecule has 1 saturated heterocycles. The van der Waals surface area contributed by atoms with E-state index in [1.54, 1.807) is 0 Å². The van der Waals surface area contributed by atoms with E-state index in [0.717, 1.165) is 31.5 Å². The Morgan fingerprint density at radius 2 is 2.04 bits per heavy atom. The average molecular weight is 330 g/mol. The highest BCUT2D eigenvalue weighted by Gasteiger charge is 2.24. The predicted octanol–water partition coefficient (Wildman–Crippen LogP) is 1.39. The highest BCUT2D eigenvalue weighted by molar-refractivity contribution is 5.77. The van der Waals surface area contributed by atoms with Crippen LogP contribution in [0.4, 0.5) is 6.01 Å². The number of carbonyl (C=O) groups excluding carboxylic acids is 1. The number of hydrogen-bond acceptors (Lipinski definition) is 6. The van der Waals surface area contributed by atoms with Gasteiger partial charge in [0.25, 0.3) is 0 Å². The molecule has 0 atom stereocenters. The Labute approximate surface area is 141 Å². The van der Waals surface area contributed by atoms with Crippen molar-refractivity contribution in [3.05, 3.63) is 41.8 Å². The summed E-state index contributed by atoms with van der Waals surface area (Å²) in [6.07, 6.45) is 2.34. The van der Waals surface area contributed by atoms with Crippen molar-refractivity contribution in [1.82, 2.24) is 15.5 Å². The van der Waals surface area contributed by atoms with Gasteiger partial charge in [-0.15, -0.1) is 5.10 Å². The van der Waals surface area contributed by atoms with Crippen molar-refractivity contribution < 1.29 is 13.9 Å². The number of rotatable bonds is 6. The molecule has 1 aliphatic rings. The van der Waals surface area contributed by atoms with Gasteiger partial charge in [-0.05, 0) is 18.4 Å². The van der Waals surface area contributed by atoms with Gasteiger partial charge in [-0.25, -0.2) is 0 Å². The Hall–Kier alpha value is -2.41. The van der Waals surface area contributed by atoms with Crippen molar-refractivity contribution in [3.63, 3.8) is 0 Å². The zero-order chi connectivity index (χ0) is 16.8. The second-order valence-corrected chi connectivity index (χ2v) is 5.90. The highest BCUT2D eigenvalue weighted by Crippen LogP contribution is 2.19. The molecule has 1 fully saturated rings. The van der Waals surface area contributed by atoms with E-state index in [0.29, 0.717) is 18.3 Å². The minimum absolute atomic E-state index is 0.0705. The van der Waals surface area contributed by atoms with Gasteiger partial charge in [0.2, 0.25) is 11.8 Å². The van der Waals surface area contributed by atoms with E-state index in [1.807, 2.05) is 30.3 Å². The number of ether oxygens (including phenoxy) is 1. The topological polar surface area (TPSA) is 80.5 Å². The molecule has 0 unspecified atom stereocenters. The largest absolute Gasteiger partial charge is 0.408 e. The molecule has 0 saturated carbocycles. The summed E-state index contributed by atoms with van der Waals surface area (Å²) in [6, 6.07) is 10.8. The number of nitrogens with zero attached hydrogens (tertiary/aromatic N) is 3. The van der Waals surface area contributed by atoms with Crippen LogP contribution in [0.5, 0.6) is 0 Å². The number of piperidine rings is 1. The molecule has 128 valence electrons. The average Bonchev–Trinajstić information content (AvgIpc) is 3.05. The Bertz CT molecular complexity index is 651. The van der Waals surface area contributed by atoms with Crippen LogP contribution in [-0.4, -0.2) is 49.0 Å². The lowest BCUT2D eigenvalue weighted by molar-refractivity contribution is -0.125. The van der Waals surface area contributed by atoms with Gasteiger partial charge in [0, 0.05) is 26.2 Å². The molecule has 1 amide bonds. The van der Waals surface area contributed by atoms with E-state index in [4.69, 9.17) is 9.15 Å². The van der Waals surface area contributed by atoms with E-state index in [9.17, 15) is 4.79 Å². The van der Waals surface area contributed by atoms with Gasteiger partial charge in [0.1, 0.15) is 6.61 Å². The first-order valence-corrected chi connectivity index (χ1v) is 8.14. The number of methoxy groups -OCH3 is 1. The quantitative estimate of drug-likeness (QED) is 0.862. The summed E-state index contributed by atoms with van der Waals surface area (Å²) < 4.78 is 10.6. The summed E-state index contributed by atoms with van der Waals surface area (Å²) in [5.41, 5.74) is 1.15. The van der Waals surface area contributed by atoms with E-state index >= 15 is 0 Å². The molecule has 3 rings (SSSR count). The summed E-state index contributed by atoms with van der Waals surface area (Å²) >= 11 is 0. The molecule has 1 aromatic carbocycles. The molecule has 0 aliphatic carbocycles. The highest BCUT2D eigenvalue weighted by atomic mass is 16.5. The fourth-order valence-electron chi connectivity index (χ4n) is 2.83. The molecule has 0 bridgehead atoms. The van der Waals surface area contributed by atoms with Crippen LogP contribution in [0.15, 0.2) is 34.7 Å². The normalized spacial score (nSPS) is 15.5. The van der Waals surface area contributed by atoms with Crippen LogP contribution in [0, 0.1) is 0 Å². The molecule has 7 heteroatoms. The minimum atomic E-state index is -0.0705. The van der Waals surface area contributed by atoms with E-state index in [1.165, 1.54) is 7.11 Å². The lowest BCUT2D eigenvalue weighted by atomic mass is 10.1. The molecule has 7 nitrogen and oxygen atoms in total. The second kappa shape index (κ2) is 7.92. The molecule has 24 heavy (non-hydrogen) atoms. The fourth-order valence-corrected chi connectivity index (χ4v) is 2.83. The Kier molecular flexibility index (Phi) is 5.43. The summed E-state index contributed by atoms with van der Waals surface area (Å²) in [6.45, 7) is 1.67. The van der Waals surface area contributed by atoms with E-state index < -0.39 is 0 Å². The van der Waals surface area contributed by atoms with Crippen LogP contribution in [0.3, 0.4) is 0 Å². The number of amides is 1. The van der Waals surface area contributed by atoms with Crippen molar-refractivity contribution in [2.24, 2.45) is 0 Å². The third-order valence-corrected chi connectivity index (χ3v) is 4.06. The Morgan fingerprint density at radius 3 is 2.75 bits per heavy atom. The maximum absolute atomic E-state index is 11.5. The number of carbonyl (C=O) groups is 1. The number of hydrogen-bond donors (Lipinski definition) is 1. The SMILES string of the molecule is COCC(=O)NC1CCN(c2nnc(Cc3ccccc3)o2)CC1. The number of anilines is 1. The van der Waals surface area contributed by atoms with Gasteiger partial charge in [0.15, 0.2) is 0 Å². The fraction of sp³-hybridized carbons (Fsp3) is 0.471. The van der Waals surface area contributed by atoms with Gasteiger partial charge in [-0.2, -0.15) is 0 Å². The van der Waals surface area contributed by atoms with Crippen LogP contribution >= 0.6 is 0 Å². The molecule has 1 aliphatic heterocycles. The first-order chi connectivity index (χ1) is 11.7. The van der Waals surface area contributed by atoms with Crippen LogP contribution in [0.2, 0.25) is 0 Å². The Balaban J connectivity index is 1.51. The van der Waals surface area contributed by atoms with Crippen molar-refractivity contribution in [1.29, 1.82) is 0 Å². The van der Waals surface area contributed by atoms with E-state index in [-0.39, 0.29) is 18.6 Å². The van der Waals surface area contributed by atoms with Gasteiger partial charge in [-0.3, -0.25) is 4.79 Å². The zero-order valence-corrected chi connectivity index (χ0v) is 13.8. The predicted molar refractivity (Wildman–Crippen MR) is 88.8 cm³/mol. The van der Waals surface area contributed by atoms with Crippen LogP contribution in [-0.2, 0) is 16.0 Å². The van der Waals surface area contributed by atoms with Crippen molar-refractivity contribution in [2.45, 2.75) is 25.3 Å². The standard InChI is InChI=1S/C17H22N4O3/c1-23-12-15(22)18-14-7-9-21(10-8-14)17-20-19-16(24-17)11-13-5-3-2-4-6-13/h2-6,14H,7-12H2,1H3,(H,18,22). The monoisotopic (exact) mass is 330 g/mol. The summed E-state index contributed by atoms with van der Waals surface area (Å²) in [7, 11) is 1.52. The maximum atomic E-state index is 11.5. The van der Waals surface area contributed by atoms with Crippen molar-refractivity contribution in [2.75, 3.05) is 31.7 Å². The van der Waals surface area contributed by atoms with E-state index in [2.05, 4.69) is 20.4 Å². The lowest BCUT2D eigenvalue weighted by Gasteiger charge is -2.30. The number of benzene rings is 1. The van der Waals surface area contributed by atoms with Gasteiger partial charge >= 0.3 is 6.01 Å². The molecular weight excluding hydrogens is 308 g/mol. The number of nitrogens with one attached hydrogen (secondary N) is 1. The first-order valence-electron chi connectivity index (χ1n) is 8.14. The lowest BCUT2D eigenvalue weighted by Crippen LogP contribution is -2.45. The Morgan fingerprint density at radius 1 is 1.29 bits per heavy atom. The summed E-state index contributed by atoms with van der Waals surface area (Å²) in [5.74, 6) is 0.547. The van der Waals surface area contributed by atoms with Gasteiger partial charge in [-0.1, -0.05) is 35.4 Å². The van der Waals surface area contributed by atoms with Crippen LogP contribution in [0.1, 0.15) is 24.3 Å². The molecule has 0 radical (unpaired) electrons. The maximum Gasteiger partial charge on any atom is 0.318 e. The third-order valence-electron chi connectivity index (χ3n) is 4.06. The van der Waals surface area contributed by atoms with Gasteiger partial charge < -0.3 is 19.4 Å². The molecule has 1 N–H and O–H groups in total. The summed E-state index contributed by atoms with van der Waals surface area (Å²) in [4.78, 5) is 13.6. The molecule has 2 heterocycles. The van der Waals surface area contributed by atoms with Gasteiger partial charge in [0.05, 0.1) is 6.42 Å². The summed E-state index contributed by atoms with van der Waals surface area (Å²) in [5, 5.41) is 11.3. The second-order valence-electron chi connectivity index (χ2n) is 5.90. The van der Waals surface area contributed by atoms with Crippen molar-refractivity contribution in [3.8, 4) is 0 Å². The molecule has 0 spiro atoms. The molecule has 1 aromatic heterocycles. The smallest absolute Gasteiger partial charge is 0.318 e. The first kappa shape index (κ1) is 16.4. The van der Waals surface area contributed by atoms with Crippen LogP contribution < -0.4 is 10.2 Å².